The molecule has 1 N–H and O–H groups in total. The number of rotatable bonds is 6. The average Bonchev–Trinajstić information content (AvgIpc) is 3.30. The number of hydrogen-bond acceptors (Lipinski definition) is 6. The molecule has 0 saturated carbocycles. The summed E-state index contributed by atoms with van der Waals surface area (Å²) in [5.41, 5.74) is 2.36. The lowest BCUT2D eigenvalue weighted by molar-refractivity contribution is -0.131. The van der Waals surface area contributed by atoms with Gasteiger partial charge in [0.2, 0.25) is 11.9 Å². The van der Waals surface area contributed by atoms with Crippen molar-refractivity contribution in [2.75, 3.05) is 60.9 Å². The zero-order valence-corrected chi connectivity index (χ0v) is 16.3. The first-order chi connectivity index (χ1) is 13.8. The van der Waals surface area contributed by atoms with E-state index in [1.807, 2.05) is 11.0 Å². The highest BCUT2D eigenvalue weighted by Crippen LogP contribution is 2.22. The van der Waals surface area contributed by atoms with Gasteiger partial charge in [-0.25, -0.2) is 9.97 Å². The summed E-state index contributed by atoms with van der Waals surface area (Å²) in [6.45, 7) is 5.98. The molecule has 1 amide bonds. The smallest absolute Gasteiger partial charge is 0.225 e. The molecule has 28 heavy (non-hydrogen) atoms. The van der Waals surface area contributed by atoms with Crippen molar-refractivity contribution in [3.05, 3.63) is 42.7 Å². The van der Waals surface area contributed by atoms with E-state index in [1.54, 1.807) is 12.4 Å². The maximum Gasteiger partial charge on any atom is 0.225 e. The molecule has 0 aliphatic carbocycles. The first kappa shape index (κ1) is 18.5. The summed E-state index contributed by atoms with van der Waals surface area (Å²) in [6, 6.07) is 10.4. The predicted octanol–water partition coefficient (Wildman–Crippen LogP) is 2.23. The van der Waals surface area contributed by atoms with E-state index in [9.17, 15) is 4.79 Å². The number of aromatic nitrogens is 2. The number of benzene rings is 1. The number of amides is 1. The van der Waals surface area contributed by atoms with Crippen molar-refractivity contribution in [2.45, 2.75) is 19.3 Å². The normalized spacial score (nSPS) is 17.1. The Kier molecular flexibility index (Phi) is 5.89. The largest absolute Gasteiger partial charge is 0.385 e. The molecule has 148 valence electrons. The number of nitrogens with one attached hydrogen (secondary N) is 1. The molecule has 4 rings (SSSR count). The van der Waals surface area contributed by atoms with Crippen molar-refractivity contribution < 1.29 is 4.79 Å². The Labute approximate surface area is 166 Å². The van der Waals surface area contributed by atoms with Gasteiger partial charge in [-0.2, -0.15) is 0 Å². The third-order valence-corrected chi connectivity index (χ3v) is 5.47. The standard InChI is InChI=1S/C21H28N6O/c28-20(26-14-16-27(17-15-26)21-23-9-3-10-24-21)8-11-22-18-4-6-19(7-5-18)25-12-1-2-13-25/h3-7,9-10,22H,1-2,8,11-17H2. The van der Waals surface area contributed by atoms with Gasteiger partial charge in [-0.1, -0.05) is 0 Å². The monoisotopic (exact) mass is 380 g/mol. The first-order valence-corrected chi connectivity index (χ1v) is 10.2. The van der Waals surface area contributed by atoms with Gasteiger partial charge < -0.3 is 20.0 Å². The zero-order chi connectivity index (χ0) is 19.2. The Morgan fingerprint density at radius 1 is 0.893 bits per heavy atom. The fourth-order valence-electron chi connectivity index (χ4n) is 3.85. The Balaban J connectivity index is 1.19. The van der Waals surface area contributed by atoms with Gasteiger partial charge in [-0.05, 0) is 43.2 Å². The number of carbonyl (C=O) groups is 1. The Morgan fingerprint density at radius 3 is 2.25 bits per heavy atom. The molecule has 1 aromatic heterocycles. The Morgan fingerprint density at radius 2 is 1.57 bits per heavy atom. The summed E-state index contributed by atoms with van der Waals surface area (Å²) in [5, 5.41) is 3.37. The third-order valence-electron chi connectivity index (χ3n) is 5.47. The highest BCUT2D eigenvalue weighted by Gasteiger charge is 2.22. The average molecular weight is 380 g/mol. The summed E-state index contributed by atoms with van der Waals surface area (Å²) in [5.74, 6) is 0.948. The summed E-state index contributed by atoms with van der Waals surface area (Å²) in [6.07, 6.45) is 6.59. The minimum Gasteiger partial charge on any atom is -0.385 e. The molecule has 1 aromatic carbocycles. The minimum atomic E-state index is 0.204. The van der Waals surface area contributed by atoms with Gasteiger partial charge in [0.1, 0.15) is 0 Å². The summed E-state index contributed by atoms with van der Waals surface area (Å²) >= 11 is 0. The van der Waals surface area contributed by atoms with E-state index in [0.717, 1.165) is 50.9 Å². The molecule has 7 heteroatoms. The van der Waals surface area contributed by atoms with Crippen LogP contribution in [-0.4, -0.2) is 66.6 Å². The van der Waals surface area contributed by atoms with Crippen LogP contribution in [0, 0.1) is 0 Å². The van der Waals surface area contributed by atoms with Crippen LogP contribution in [0.1, 0.15) is 19.3 Å². The van der Waals surface area contributed by atoms with Crippen molar-refractivity contribution in [1.82, 2.24) is 14.9 Å². The SMILES string of the molecule is O=C(CCNc1ccc(N2CCCC2)cc1)N1CCN(c2ncccn2)CC1. The lowest BCUT2D eigenvalue weighted by Crippen LogP contribution is -2.49. The fourth-order valence-corrected chi connectivity index (χ4v) is 3.85. The van der Waals surface area contributed by atoms with Gasteiger partial charge in [0.25, 0.3) is 0 Å². The lowest BCUT2D eigenvalue weighted by atomic mass is 10.2. The second-order valence-corrected chi connectivity index (χ2v) is 7.33. The van der Waals surface area contributed by atoms with Crippen LogP contribution in [0.3, 0.4) is 0 Å². The molecule has 3 heterocycles. The van der Waals surface area contributed by atoms with Crippen LogP contribution in [-0.2, 0) is 4.79 Å². The molecular formula is C21H28N6O. The van der Waals surface area contributed by atoms with Gasteiger partial charge in [-0.15, -0.1) is 0 Å². The van der Waals surface area contributed by atoms with Gasteiger partial charge in [0.15, 0.2) is 0 Å². The van der Waals surface area contributed by atoms with Gasteiger partial charge in [0.05, 0.1) is 0 Å². The second-order valence-electron chi connectivity index (χ2n) is 7.33. The molecule has 2 fully saturated rings. The highest BCUT2D eigenvalue weighted by molar-refractivity contribution is 5.77. The number of nitrogens with zero attached hydrogens (tertiary/aromatic N) is 5. The summed E-state index contributed by atoms with van der Waals surface area (Å²) in [7, 11) is 0. The van der Waals surface area contributed by atoms with Crippen LogP contribution < -0.4 is 15.1 Å². The zero-order valence-electron chi connectivity index (χ0n) is 16.3. The van der Waals surface area contributed by atoms with Crippen LogP contribution >= 0.6 is 0 Å². The van der Waals surface area contributed by atoms with Crippen LogP contribution in [0.15, 0.2) is 42.7 Å². The molecule has 2 aliphatic rings. The number of hydrogen-bond donors (Lipinski definition) is 1. The first-order valence-electron chi connectivity index (χ1n) is 10.2. The van der Waals surface area contributed by atoms with E-state index < -0.39 is 0 Å². The van der Waals surface area contributed by atoms with Gasteiger partial charge in [-0.3, -0.25) is 4.79 Å². The van der Waals surface area contributed by atoms with Gasteiger partial charge in [0, 0.05) is 76.0 Å². The number of anilines is 3. The lowest BCUT2D eigenvalue weighted by Gasteiger charge is -2.34. The maximum atomic E-state index is 12.5. The van der Waals surface area contributed by atoms with Gasteiger partial charge >= 0.3 is 0 Å². The Bertz CT molecular complexity index is 752. The van der Waals surface area contributed by atoms with Crippen LogP contribution in [0.4, 0.5) is 17.3 Å². The minimum absolute atomic E-state index is 0.204. The van der Waals surface area contributed by atoms with E-state index in [-0.39, 0.29) is 5.91 Å². The van der Waals surface area contributed by atoms with E-state index in [0.29, 0.717) is 13.0 Å². The number of piperazine rings is 1. The van der Waals surface area contributed by atoms with E-state index in [4.69, 9.17) is 0 Å². The topological polar surface area (TPSA) is 64.6 Å². The molecule has 0 atom stereocenters. The van der Waals surface area contributed by atoms with Crippen LogP contribution in [0.2, 0.25) is 0 Å². The quantitative estimate of drug-likeness (QED) is 0.829. The van der Waals surface area contributed by atoms with E-state index >= 15 is 0 Å². The predicted molar refractivity (Wildman–Crippen MR) is 112 cm³/mol. The highest BCUT2D eigenvalue weighted by atomic mass is 16.2. The third kappa shape index (κ3) is 4.52. The maximum absolute atomic E-state index is 12.5. The summed E-state index contributed by atoms with van der Waals surface area (Å²) < 4.78 is 0. The Hall–Kier alpha value is -2.83. The van der Waals surface area contributed by atoms with Crippen molar-refractivity contribution in [1.29, 1.82) is 0 Å². The van der Waals surface area contributed by atoms with Crippen LogP contribution in [0.5, 0.6) is 0 Å². The summed E-state index contributed by atoms with van der Waals surface area (Å²) in [4.78, 5) is 27.6. The molecule has 0 unspecified atom stereocenters. The van der Waals surface area contributed by atoms with E-state index in [2.05, 4.69) is 49.4 Å². The van der Waals surface area contributed by atoms with Crippen LogP contribution in [0.25, 0.3) is 0 Å². The molecule has 2 aromatic rings. The van der Waals surface area contributed by atoms with E-state index in [1.165, 1.54) is 18.5 Å². The molecule has 0 radical (unpaired) electrons. The molecule has 2 saturated heterocycles. The molecule has 0 spiro atoms. The second kappa shape index (κ2) is 8.91. The van der Waals surface area contributed by atoms with Crippen molar-refractivity contribution in [3.8, 4) is 0 Å². The van der Waals surface area contributed by atoms with Crippen molar-refractivity contribution in [2.24, 2.45) is 0 Å². The molecular weight excluding hydrogens is 352 g/mol. The van der Waals surface area contributed by atoms with Crippen molar-refractivity contribution in [3.63, 3.8) is 0 Å². The molecule has 7 nitrogen and oxygen atoms in total. The fraction of sp³-hybridized carbons (Fsp3) is 0.476. The molecule has 2 aliphatic heterocycles. The number of carbonyl (C=O) groups excluding carboxylic acids is 1. The van der Waals surface area contributed by atoms with Crippen molar-refractivity contribution >= 4 is 23.2 Å². The molecule has 0 bridgehead atoms.